The lowest BCUT2D eigenvalue weighted by molar-refractivity contribution is 0.832. The molecule has 0 atom stereocenters. The van der Waals surface area contributed by atoms with Crippen LogP contribution in [-0.4, -0.2) is 11.1 Å². The fourth-order valence-corrected chi connectivity index (χ4v) is 5.22. The molecule has 4 rings (SSSR count). The molecule has 0 unspecified atom stereocenters. The average molecular weight is 491 g/mol. The highest BCUT2D eigenvalue weighted by atomic mass is 32.1. The summed E-state index contributed by atoms with van der Waals surface area (Å²) in [6, 6.07) is 28.1. The van der Waals surface area contributed by atoms with Crippen LogP contribution in [0, 0.1) is 36.5 Å². The Hall–Kier alpha value is -4.39. The Morgan fingerprint density at radius 3 is 2.31 bits per heavy atom. The molecule has 36 heavy (non-hydrogen) atoms. The zero-order valence-corrected chi connectivity index (χ0v) is 21.3. The summed E-state index contributed by atoms with van der Waals surface area (Å²) < 4.78 is 2.30. The number of benzene rings is 3. The summed E-state index contributed by atoms with van der Waals surface area (Å²) in [6.07, 6.45) is 1.82. The molecule has 178 valence electrons. The molecular weight excluding hydrogens is 464 g/mol. The van der Waals surface area contributed by atoms with Crippen LogP contribution >= 0.6 is 11.3 Å². The summed E-state index contributed by atoms with van der Waals surface area (Å²) >= 11 is 1.17. The first-order valence-corrected chi connectivity index (χ1v) is 12.5. The van der Waals surface area contributed by atoms with E-state index in [2.05, 4.69) is 36.1 Å². The largest absolute Gasteiger partial charge is 0.367 e. The van der Waals surface area contributed by atoms with E-state index in [0.29, 0.717) is 14.9 Å². The van der Waals surface area contributed by atoms with Gasteiger partial charge in [0.2, 0.25) is 0 Å². The van der Waals surface area contributed by atoms with E-state index >= 15 is 0 Å². The predicted molar refractivity (Wildman–Crippen MR) is 146 cm³/mol. The number of nitrogens with zero attached hydrogens (tertiary/aromatic N) is 4. The molecule has 6 heteroatoms. The van der Waals surface area contributed by atoms with E-state index < -0.39 is 0 Å². The molecule has 0 amide bonds. The summed E-state index contributed by atoms with van der Waals surface area (Å²) in [5.41, 5.74) is 5.56. The van der Waals surface area contributed by atoms with E-state index in [1.54, 1.807) is 0 Å². The van der Waals surface area contributed by atoms with Gasteiger partial charge >= 0.3 is 0 Å². The van der Waals surface area contributed by atoms with E-state index in [1.165, 1.54) is 21.5 Å². The molecule has 0 aliphatic rings. The molecule has 0 fully saturated rings. The van der Waals surface area contributed by atoms with E-state index in [1.807, 2.05) is 80.6 Å². The van der Waals surface area contributed by atoms with Gasteiger partial charge in [-0.05, 0) is 61.7 Å². The van der Waals surface area contributed by atoms with Gasteiger partial charge in [0, 0.05) is 18.8 Å². The van der Waals surface area contributed by atoms with Crippen LogP contribution in [0.1, 0.15) is 29.2 Å². The van der Waals surface area contributed by atoms with Crippen LogP contribution in [0.4, 0.5) is 5.69 Å². The number of aryl methyl sites for hydroxylation is 2. The van der Waals surface area contributed by atoms with Gasteiger partial charge in [-0.2, -0.15) is 10.5 Å². The molecule has 0 spiro atoms. The lowest BCUT2D eigenvalue weighted by atomic mass is 10.1. The van der Waals surface area contributed by atoms with Gasteiger partial charge in [-0.25, -0.2) is 0 Å². The molecule has 0 N–H and O–H groups in total. The smallest absolute Gasteiger partial charge is 0.273 e. The zero-order chi connectivity index (χ0) is 25.7. The number of thiazole rings is 1. The van der Waals surface area contributed by atoms with Gasteiger partial charge < -0.3 is 4.90 Å². The maximum absolute atomic E-state index is 13.5. The van der Waals surface area contributed by atoms with Gasteiger partial charge in [-0.1, -0.05) is 60.2 Å². The van der Waals surface area contributed by atoms with E-state index in [9.17, 15) is 15.3 Å². The molecule has 0 saturated carbocycles. The minimum Gasteiger partial charge on any atom is -0.367 e. The molecular formula is C30H26N4OS. The Morgan fingerprint density at radius 2 is 1.69 bits per heavy atom. The second-order valence-electron chi connectivity index (χ2n) is 8.54. The van der Waals surface area contributed by atoms with Gasteiger partial charge in [0.05, 0.1) is 10.2 Å². The quantitative estimate of drug-likeness (QED) is 0.397. The Kier molecular flexibility index (Phi) is 7.49. The molecule has 0 aliphatic heterocycles. The van der Waals surface area contributed by atoms with Crippen LogP contribution in [0.15, 0.2) is 77.6 Å². The SMILES string of the molecule is CCN(Cc1ccccc1)c1ccc(/C=c2\sc(=C(C#N)C#N)n(-c3ccc(C)cc3C)c2=O)cc1. The molecule has 1 heterocycles. The number of rotatable bonds is 6. The molecule has 5 nitrogen and oxygen atoms in total. The normalized spacial score (nSPS) is 11.1. The first-order valence-electron chi connectivity index (χ1n) is 11.7. The first kappa shape index (κ1) is 24.7. The highest BCUT2D eigenvalue weighted by Gasteiger charge is 2.13. The zero-order valence-electron chi connectivity index (χ0n) is 20.5. The average Bonchev–Trinajstić information content (AvgIpc) is 3.20. The van der Waals surface area contributed by atoms with Crippen molar-refractivity contribution in [1.29, 1.82) is 10.5 Å². The van der Waals surface area contributed by atoms with Gasteiger partial charge in [0.25, 0.3) is 5.56 Å². The van der Waals surface area contributed by atoms with Crippen molar-refractivity contribution in [3.8, 4) is 17.8 Å². The molecule has 0 bridgehead atoms. The standard InChI is InChI=1S/C30H26N4OS/c1-4-33(20-24-8-6-5-7-9-24)26-13-11-23(12-14-26)17-28-29(35)34(30(36-28)25(18-31)19-32)27-15-10-21(2)16-22(27)3/h5-17H,4,20H2,1-3H3/b28-17-. The summed E-state index contributed by atoms with van der Waals surface area (Å²) in [7, 11) is 0. The van der Waals surface area contributed by atoms with Crippen LogP contribution < -0.4 is 19.7 Å². The third-order valence-electron chi connectivity index (χ3n) is 6.01. The number of aromatic nitrogens is 1. The molecule has 1 aromatic heterocycles. The summed E-state index contributed by atoms with van der Waals surface area (Å²) in [4.78, 5) is 15.8. The molecule has 4 aromatic rings. The minimum absolute atomic E-state index is 0.0772. The molecule has 0 aliphatic carbocycles. The maximum atomic E-state index is 13.5. The van der Waals surface area contributed by atoms with Crippen LogP contribution in [0.25, 0.3) is 17.3 Å². The summed E-state index contributed by atoms with van der Waals surface area (Å²) in [5.74, 6) is 0. The van der Waals surface area contributed by atoms with Gasteiger partial charge in [0.15, 0.2) is 5.57 Å². The van der Waals surface area contributed by atoms with Crippen molar-refractivity contribution in [3.63, 3.8) is 0 Å². The van der Waals surface area contributed by atoms with Crippen LogP contribution in [0.5, 0.6) is 0 Å². The predicted octanol–water partition coefficient (Wildman–Crippen LogP) is 4.57. The van der Waals surface area contributed by atoms with Crippen molar-refractivity contribution >= 4 is 28.7 Å². The second kappa shape index (κ2) is 10.9. The van der Waals surface area contributed by atoms with E-state index in [0.717, 1.165) is 35.5 Å². The van der Waals surface area contributed by atoms with Crippen molar-refractivity contribution in [2.24, 2.45) is 0 Å². The fourth-order valence-electron chi connectivity index (χ4n) is 4.17. The van der Waals surface area contributed by atoms with Gasteiger partial charge in [0.1, 0.15) is 16.8 Å². The summed E-state index contributed by atoms with van der Waals surface area (Å²) in [6.45, 7) is 7.72. The van der Waals surface area contributed by atoms with E-state index in [4.69, 9.17) is 0 Å². The van der Waals surface area contributed by atoms with Crippen LogP contribution in [0.2, 0.25) is 0 Å². The van der Waals surface area contributed by atoms with Crippen LogP contribution in [0.3, 0.4) is 0 Å². The van der Waals surface area contributed by atoms with Crippen molar-refractivity contribution < 1.29 is 0 Å². The molecule has 0 saturated heterocycles. The Morgan fingerprint density at radius 1 is 1.00 bits per heavy atom. The Labute approximate surface area is 214 Å². The first-order chi connectivity index (χ1) is 17.4. The highest BCUT2D eigenvalue weighted by Crippen LogP contribution is 2.18. The van der Waals surface area contributed by atoms with Gasteiger partial charge in [-0.3, -0.25) is 9.36 Å². The topological polar surface area (TPSA) is 72.8 Å². The number of hydrogen-bond acceptors (Lipinski definition) is 5. The van der Waals surface area contributed by atoms with Gasteiger partial charge in [-0.15, -0.1) is 11.3 Å². The number of hydrogen-bond donors (Lipinski definition) is 0. The van der Waals surface area contributed by atoms with E-state index in [-0.39, 0.29) is 11.1 Å². The summed E-state index contributed by atoms with van der Waals surface area (Å²) in [5, 5.41) is 19.1. The van der Waals surface area contributed by atoms with Crippen molar-refractivity contribution in [2.45, 2.75) is 27.3 Å². The Bertz CT molecular complexity index is 1630. The maximum Gasteiger partial charge on any atom is 0.273 e. The third kappa shape index (κ3) is 5.15. The third-order valence-corrected chi connectivity index (χ3v) is 7.10. The monoisotopic (exact) mass is 490 g/mol. The molecule has 0 radical (unpaired) electrons. The minimum atomic E-state index is -0.242. The van der Waals surface area contributed by atoms with Crippen LogP contribution in [-0.2, 0) is 6.54 Å². The van der Waals surface area contributed by atoms with Crippen molar-refractivity contribution in [1.82, 2.24) is 4.57 Å². The lowest BCUT2D eigenvalue weighted by Crippen LogP contribution is -2.31. The van der Waals surface area contributed by atoms with Crippen molar-refractivity contribution in [2.75, 3.05) is 11.4 Å². The molecule has 3 aromatic carbocycles. The second-order valence-corrected chi connectivity index (χ2v) is 9.57. The number of nitriles is 2. The highest BCUT2D eigenvalue weighted by molar-refractivity contribution is 7.07. The number of anilines is 1. The Balaban J connectivity index is 1.78. The fraction of sp³-hybridized carbons (Fsp3) is 0.167. The lowest BCUT2D eigenvalue weighted by Gasteiger charge is -2.23. The van der Waals surface area contributed by atoms with Crippen molar-refractivity contribution in [3.05, 3.63) is 115 Å².